The molecule has 11 aromatic rings. The number of fused-ring (bicyclic) bond motifs is 9. The minimum Gasteiger partial charge on any atom is -0.456 e. The van der Waals surface area contributed by atoms with Gasteiger partial charge in [-0.3, -0.25) is 0 Å². The summed E-state index contributed by atoms with van der Waals surface area (Å²) in [5, 5.41) is 6.99. The third kappa shape index (κ3) is 4.37. The zero-order chi connectivity index (χ0) is 33.5. The van der Waals surface area contributed by atoms with Crippen LogP contribution in [0.5, 0.6) is 0 Å². The van der Waals surface area contributed by atoms with Crippen LogP contribution < -0.4 is 0 Å². The Hall–Kier alpha value is -6.63. The summed E-state index contributed by atoms with van der Waals surface area (Å²) in [6.07, 6.45) is 0. The van der Waals surface area contributed by atoms with Crippen molar-refractivity contribution < 1.29 is 4.42 Å². The SMILES string of the molecule is c1ccc(-c2nc(-c3ccccc3)nc(-c3cc(-n4c5ccccc5c5cc6c(cc54)oc4ccccc46)cc4c3sc3ccccc34)n2)cc1. The molecule has 0 aliphatic carbocycles. The van der Waals surface area contributed by atoms with E-state index in [-0.39, 0.29) is 0 Å². The van der Waals surface area contributed by atoms with E-state index in [1.165, 1.54) is 26.2 Å². The van der Waals surface area contributed by atoms with Crippen LogP contribution in [0.3, 0.4) is 0 Å². The molecule has 0 saturated carbocycles. The van der Waals surface area contributed by atoms with Gasteiger partial charge in [0.2, 0.25) is 0 Å². The van der Waals surface area contributed by atoms with Crippen molar-refractivity contribution in [3.8, 4) is 39.9 Å². The van der Waals surface area contributed by atoms with Crippen molar-refractivity contribution in [2.45, 2.75) is 0 Å². The molecular weight excluding hydrogens is 645 g/mol. The van der Waals surface area contributed by atoms with E-state index in [1.807, 2.05) is 48.5 Å². The zero-order valence-electron chi connectivity index (χ0n) is 27.1. The van der Waals surface area contributed by atoms with Crippen LogP contribution >= 0.6 is 11.3 Å². The molecule has 0 radical (unpaired) electrons. The van der Waals surface area contributed by atoms with Gasteiger partial charge in [-0.25, -0.2) is 15.0 Å². The summed E-state index contributed by atoms with van der Waals surface area (Å²) in [6.45, 7) is 0. The fourth-order valence-corrected chi connectivity index (χ4v) is 8.70. The standard InChI is InChI=1S/C45H26N4OS/c1-3-13-27(14-4-1)43-46-44(28-15-5-2-6-16-28)48-45(47-43)36-24-29(23-35-32-19-9-12-22-41(32)51-42(35)36)49-37-20-10-7-17-30(37)33-25-34-31-18-8-11-21-39(31)50-40(34)26-38(33)49/h1-26H. The Bertz CT molecular complexity index is 3080. The van der Waals surface area contributed by atoms with E-state index in [0.29, 0.717) is 17.5 Å². The molecular formula is C45H26N4OS. The second kappa shape index (κ2) is 10.9. The summed E-state index contributed by atoms with van der Waals surface area (Å²) >= 11 is 1.78. The molecule has 238 valence electrons. The Labute approximate surface area is 295 Å². The van der Waals surface area contributed by atoms with Gasteiger partial charge in [-0.15, -0.1) is 11.3 Å². The lowest BCUT2D eigenvalue weighted by atomic mass is 10.1. The van der Waals surface area contributed by atoms with Crippen molar-refractivity contribution >= 4 is 75.3 Å². The molecule has 6 heteroatoms. The minimum atomic E-state index is 0.640. The van der Waals surface area contributed by atoms with E-state index in [0.717, 1.165) is 60.0 Å². The number of hydrogen-bond donors (Lipinski definition) is 0. The monoisotopic (exact) mass is 670 g/mol. The number of aromatic nitrogens is 4. The van der Waals surface area contributed by atoms with E-state index < -0.39 is 0 Å². The van der Waals surface area contributed by atoms with Gasteiger partial charge in [-0.2, -0.15) is 0 Å². The highest BCUT2D eigenvalue weighted by molar-refractivity contribution is 7.26. The van der Waals surface area contributed by atoms with Crippen molar-refractivity contribution in [3.05, 3.63) is 158 Å². The van der Waals surface area contributed by atoms with Gasteiger partial charge in [0.25, 0.3) is 0 Å². The fourth-order valence-electron chi connectivity index (χ4n) is 7.50. The zero-order valence-corrected chi connectivity index (χ0v) is 27.9. The van der Waals surface area contributed by atoms with Crippen LogP contribution in [0.25, 0.3) is 104 Å². The van der Waals surface area contributed by atoms with Gasteiger partial charge in [0, 0.05) is 70.2 Å². The largest absolute Gasteiger partial charge is 0.456 e. The van der Waals surface area contributed by atoms with E-state index in [9.17, 15) is 0 Å². The fraction of sp³-hybridized carbons (Fsp3) is 0. The highest BCUT2D eigenvalue weighted by Crippen LogP contribution is 2.44. The molecule has 0 spiro atoms. The third-order valence-corrected chi connectivity index (χ3v) is 11.1. The molecule has 0 N–H and O–H groups in total. The summed E-state index contributed by atoms with van der Waals surface area (Å²) in [7, 11) is 0. The van der Waals surface area contributed by atoms with Crippen LogP contribution in [0, 0.1) is 0 Å². The number of benzene rings is 7. The predicted molar refractivity (Wildman–Crippen MR) is 211 cm³/mol. The summed E-state index contributed by atoms with van der Waals surface area (Å²) in [5.41, 5.74) is 7.86. The average Bonchev–Trinajstić information content (AvgIpc) is 3.86. The van der Waals surface area contributed by atoms with Crippen molar-refractivity contribution in [2.75, 3.05) is 0 Å². The van der Waals surface area contributed by atoms with Gasteiger partial charge in [-0.1, -0.05) is 115 Å². The van der Waals surface area contributed by atoms with Crippen LogP contribution in [0.2, 0.25) is 0 Å². The topological polar surface area (TPSA) is 56.7 Å². The van der Waals surface area contributed by atoms with Crippen LogP contribution in [-0.4, -0.2) is 19.5 Å². The lowest BCUT2D eigenvalue weighted by molar-refractivity contribution is 0.669. The average molecular weight is 671 g/mol. The molecule has 7 aromatic carbocycles. The lowest BCUT2D eigenvalue weighted by Crippen LogP contribution is -2.01. The number of para-hydroxylation sites is 2. The predicted octanol–water partition coefficient (Wildman–Crippen LogP) is 12.2. The molecule has 4 aromatic heterocycles. The quantitative estimate of drug-likeness (QED) is 0.187. The van der Waals surface area contributed by atoms with Crippen molar-refractivity contribution in [2.24, 2.45) is 0 Å². The Balaban J connectivity index is 1.25. The van der Waals surface area contributed by atoms with E-state index in [1.54, 1.807) is 11.3 Å². The van der Waals surface area contributed by atoms with E-state index in [4.69, 9.17) is 19.4 Å². The minimum absolute atomic E-state index is 0.640. The Morgan fingerprint density at radius 3 is 1.82 bits per heavy atom. The number of nitrogens with zero attached hydrogens (tertiary/aromatic N) is 4. The lowest BCUT2D eigenvalue weighted by Gasteiger charge is -2.13. The first kappa shape index (κ1) is 28.2. The van der Waals surface area contributed by atoms with E-state index >= 15 is 0 Å². The molecule has 0 atom stereocenters. The maximum atomic E-state index is 6.43. The van der Waals surface area contributed by atoms with Crippen LogP contribution in [-0.2, 0) is 0 Å². The second-order valence-electron chi connectivity index (χ2n) is 12.8. The third-order valence-electron chi connectivity index (χ3n) is 9.83. The maximum Gasteiger partial charge on any atom is 0.165 e. The summed E-state index contributed by atoms with van der Waals surface area (Å²) in [4.78, 5) is 15.4. The normalized spacial score (nSPS) is 11.9. The first-order valence-corrected chi connectivity index (χ1v) is 17.8. The highest BCUT2D eigenvalue weighted by Gasteiger charge is 2.21. The summed E-state index contributed by atoms with van der Waals surface area (Å²) in [5.74, 6) is 1.92. The molecule has 0 amide bonds. The number of hydrogen-bond acceptors (Lipinski definition) is 5. The van der Waals surface area contributed by atoms with Gasteiger partial charge < -0.3 is 8.98 Å². The number of furan rings is 1. The molecule has 0 bridgehead atoms. The van der Waals surface area contributed by atoms with Gasteiger partial charge in [0.15, 0.2) is 17.5 Å². The molecule has 0 unspecified atom stereocenters. The molecule has 0 aliphatic heterocycles. The van der Waals surface area contributed by atoms with Crippen LogP contribution in [0.1, 0.15) is 0 Å². The maximum absolute atomic E-state index is 6.43. The summed E-state index contributed by atoms with van der Waals surface area (Å²) in [6, 6.07) is 54.9. The van der Waals surface area contributed by atoms with Crippen LogP contribution in [0.4, 0.5) is 0 Å². The Kier molecular flexibility index (Phi) is 6.05. The Morgan fingerprint density at radius 1 is 0.431 bits per heavy atom. The Morgan fingerprint density at radius 2 is 1.06 bits per heavy atom. The first-order valence-electron chi connectivity index (χ1n) is 16.9. The van der Waals surface area contributed by atoms with Crippen LogP contribution in [0.15, 0.2) is 162 Å². The first-order chi connectivity index (χ1) is 25.3. The summed E-state index contributed by atoms with van der Waals surface area (Å²) < 4.78 is 11.2. The molecule has 0 aliphatic rings. The smallest absolute Gasteiger partial charge is 0.165 e. The van der Waals surface area contributed by atoms with Gasteiger partial charge in [-0.05, 0) is 36.4 Å². The van der Waals surface area contributed by atoms with E-state index in [2.05, 4.69) is 114 Å². The molecule has 0 saturated heterocycles. The van der Waals surface area contributed by atoms with Crippen molar-refractivity contribution in [1.29, 1.82) is 0 Å². The number of thiophene rings is 1. The molecule has 5 nitrogen and oxygen atoms in total. The molecule has 51 heavy (non-hydrogen) atoms. The van der Waals surface area contributed by atoms with Gasteiger partial charge >= 0.3 is 0 Å². The highest BCUT2D eigenvalue weighted by atomic mass is 32.1. The molecule has 11 rings (SSSR count). The second-order valence-corrected chi connectivity index (χ2v) is 13.9. The number of rotatable bonds is 4. The van der Waals surface area contributed by atoms with Crippen molar-refractivity contribution in [1.82, 2.24) is 19.5 Å². The van der Waals surface area contributed by atoms with Crippen molar-refractivity contribution in [3.63, 3.8) is 0 Å². The molecule has 4 heterocycles. The van der Waals surface area contributed by atoms with Gasteiger partial charge in [0.1, 0.15) is 11.2 Å². The molecule has 0 fully saturated rings. The van der Waals surface area contributed by atoms with Gasteiger partial charge in [0.05, 0.1) is 11.0 Å².